The predicted molar refractivity (Wildman–Crippen MR) is 57.4 cm³/mol. The highest BCUT2D eigenvalue weighted by Crippen LogP contribution is 2.11. The van der Waals surface area contributed by atoms with E-state index in [9.17, 15) is 26.0 Å². The number of hydrogen-bond acceptors (Lipinski definition) is 6. The Morgan fingerprint density at radius 3 is 1.94 bits per heavy atom. The molecule has 0 aliphatic rings. The first kappa shape index (κ1) is 15.8. The van der Waals surface area contributed by atoms with Crippen molar-refractivity contribution in [1.82, 2.24) is 3.71 Å². The second-order valence-electron chi connectivity index (χ2n) is 2.95. The lowest BCUT2D eigenvalue weighted by Gasteiger charge is -2.14. The van der Waals surface area contributed by atoms with Crippen LogP contribution in [0.1, 0.15) is 6.92 Å². The molecule has 0 fully saturated rings. The normalized spacial score (nSPS) is 13.3. The van der Waals surface area contributed by atoms with Crippen molar-refractivity contribution in [2.24, 2.45) is 0 Å². The summed E-state index contributed by atoms with van der Waals surface area (Å²) >= 11 is 0. The number of carbonyl (C=O) groups excluding carboxylic acids is 1. The fourth-order valence-electron chi connectivity index (χ4n) is 0.783. The van der Waals surface area contributed by atoms with E-state index in [1.165, 1.54) is 6.92 Å². The van der Waals surface area contributed by atoms with Gasteiger partial charge in [-0.3, -0.25) is 0 Å². The number of ether oxygens (including phenoxy) is 1. The van der Waals surface area contributed by atoms with Gasteiger partial charge < -0.3 is 4.74 Å². The van der Waals surface area contributed by atoms with E-state index in [1.807, 2.05) is 0 Å². The van der Waals surface area contributed by atoms with Crippen LogP contribution in [0.15, 0.2) is 12.0 Å². The summed E-state index contributed by atoms with van der Waals surface area (Å²) in [5.41, 5.74) is 0. The minimum absolute atomic E-state index is 0.0582. The van der Waals surface area contributed by atoms with Gasteiger partial charge in [0.15, 0.2) is 0 Å². The van der Waals surface area contributed by atoms with Gasteiger partial charge in [-0.2, -0.15) is 8.10 Å². The second kappa shape index (κ2) is 5.45. The molecule has 0 radical (unpaired) electrons. The fourth-order valence-corrected chi connectivity index (χ4v) is 3.32. The molecule has 0 aromatic carbocycles. The first-order valence-corrected chi connectivity index (χ1v) is 7.93. The molecule has 0 aromatic heterocycles. The van der Waals surface area contributed by atoms with Crippen molar-refractivity contribution in [3.8, 4) is 0 Å². The number of sulfonamides is 2. The Labute approximate surface area is 99.0 Å². The zero-order chi connectivity index (χ0) is 13.9. The summed E-state index contributed by atoms with van der Waals surface area (Å²) in [6, 6.07) is 0. The molecule has 0 aromatic rings. The van der Waals surface area contributed by atoms with Gasteiger partial charge in [-0.1, -0.05) is 0 Å². The van der Waals surface area contributed by atoms with Crippen molar-refractivity contribution >= 4 is 26.0 Å². The Hall–Kier alpha value is -1.16. The molecular weight excluding hydrogens is 277 g/mol. The molecule has 0 rings (SSSR count). The van der Waals surface area contributed by atoms with E-state index in [0.29, 0.717) is 12.5 Å². The van der Waals surface area contributed by atoms with Crippen LogP contribution in [0.5, 0.6) is 0 Å². The molecule has 0 aliphatic heterocycles. The Morgan fingerprint density at radius 2 is 1.65 bits per heavy atom. The standard InChI is InChI=1S/C7H12FNO6S2/c1-4-15-7(10)6(8)5-9(16(2,11)12)17(3,13)14/h5H,4H2,1-3H3/b6-5-. The van der Waals surface area contributed by atoms with E-state index in [0.717, 1.165) is 0 Å². The zero-order valence-corrected chi connectivity index (χ0v) is 11.0. The molecule has 0 saturated heterocycles. The highest BCUT2D eigenvalue weighted by Gasteiger charge is 2.25. The maximum Gasteiger partial charge on any atom is 0.368 e. The summed E-state index contributed by atoms with van der Waals surface area (Å²) in [6.07, 6.45) is 1.18. The summed E-state index contributed by atoms with van der Waals surface area (Å²) in [4.78, 5) is 10.9. The van der Waals surface area contributed by atoms with Crippen LogP contribution >= 0.6 is 0 Å². The summed E-state index contributed by atoms with van der Waals surface area (Å²) in [5, 5.41) is 0. The molecule has 10 heteroatoms. The molecule has 0 spiro atoms. The number of esters is 1. The van der Waals surface area contributed by atoms with Crippen LogP contribution in [-0.4, -0.2) is 45.6 Å². The minimum Gasteiger partial charge on any atom is -0.461 e. The largest absolute Gasteiger partial charge is 0.461 e. The van der Waals surface area contributed by atoms with E-state index in [2.05, 4.69) is 4.74 Å². The lowest BCUT2D eigenvalue weighted by molar-refractivity contribution is -0.140. The smallest absolute Gasteiger partial charge is 0.368 e. The Morgan fingerprint density at radius 1 is 1.24 bits per heavy atom. The molecule has 0 unspecified atom stereocenters. The van der Waals surface area contributed by atoms with E-state index in [1.54, 1.807) is 0 Å². The van der Waals surface area contributed by atoms with Crippen molar-refractivity contribution in [3.05, 3.63) is 12.0 Å². The molecule has 0 heterocycles. The number of carbonyl (C=O) groups is 1. The van der Waals surface area contributed by atoms with Gasteiger partial charge in [-0.15, -0.1) is 0 Å². The van der Waals surface area contributed by atoms with Crippen molar-refractivity contribution in [1.29, 1.82) is 0 Å². The van der Waals surface area contributed by atoms with Gasteiger partial charge in [0.05, 0.1) is 25.3 Å². The average Bonchev–Trinajstić information content (AvgIpc) is 2.10. The highest BCUT2D eigenvalue weighted by molar-refractivity contribution is 8.03. The number of rotatable bonds is 5. The van der Waals surface area contributed by atoms with Gasteiger partial charge >= 0.3 is 5.97 Å². The Balaban J connectivity index is 5.43. The third kappa shape index (κ3) is 5.13. The van der Waals surface area contributed by atoms with Crippen LogP contribution in [0.25, 0.3) is 0 Å². The molecule has 0 bridgehead atoms. The first-order valence-electron chi connectivity index (χ1n) is 4.24. The SMILES string of the molecule is CCOC(=O)/C(F)=C/N(S(C)(=O)=O)S(C)(=O)=O. The quantitative estimate of drug-likeness (QED) is 0.503. The summed E-state index contributed by atoms with van der Waals surface area (Å²) < 4.78 is 61.4. The molecular formula is C7H12FNO6S2. The van der Waals surface area contributed by atoms with Gasteiger partial charge in [0.1, 0.15) is 0 Å². The molecule has 17 heavy (non-hydrogen) atoms. The van der Waals surface area contributed by atoms with E-state index < -0.39 is 31.8 Å². The van der Waals surface area contributed by atoms with E-state index in [-0.39, 0.29) is 16.5 Å². The zero-order valence-electron chi connectivity index (χ0n) is 9.38. The maximum atomic E-state index is 13.1. The van der Waals surface area contributed by atoms with Gasteiger partial charge in [-0.05, 0) is 6.92 Å². The van der Waals surface area contributed by atoms with Gasteiger partial charge in [0.25, 0.3) is 0 Å². The molecule has 0 aliphatic carbocycles. The number of hydrogen-bond donors (Lipinski definition) is 0. The van der Waals surface area contributed by atoms with Crippen LogP contribution in [0.4, 0.5) is 4.39 Å². The van der Waals surface area contributed by atoms with E-state index in [4.69, 9.17) is 0 Å². The van der Waals surface area contributed by atoms with Crippen molar-refractivity contribution in [2.45, 2.75) is 6.92 Å². The highest BCUT2D eigenvalue weighted by atomic mass is 32.3. The number of nitrogens with zero attached hydrogens (tertiary/aromatic N) is 1. The third-order valence-electron chi connectivity index (χ3n) is 1.34. The van der Waals surface area contributed by atoms with Crippen LogP contribution in [0.2, 0.25) is 0 Å². The lowest BCUT2D eigenvalue weighted by atomic mass is 10.6. The van der Waals surface area contributed by atoms with Gasteiger partial charge in [0.2, 0.25) is 25.9 Å². The summed E-state index contributed by atoms with van der Waals surface area (Å²) in [7, 11) is -8.49. The minimum atomic E-state index is -4.24. The first-order chi connectivity index (χ1) is 7.50. The lowest BCUT2D eigenvalue weighted by Crippen LogP contribution is -2.31. The molecule has 0 N–H and O–H groups in total. The van der Waals surface area contributed by atoms with Gasteiger partial charge in [0, 0.05) is 0 Å². The topological polar surface area (TPSA) is 97.8 Å². The van der Waals surface area contributed by atoms with Crippen LogP contribution in [-0.2, 0) is 29.6 Å². The van der Waals surface area contributed by atoms with Crippen LogP contribution < -0.4 is 0 Å². The van der Waals surface area contributed by atoms with Crippen molar-refractivity contribution in [2.75, 3.05) is 19.1 Å². The molecule has 0 saturated carbocycles. The molecule has 0 amide bonds. The average molecular weight is 289 g/mol. The monoisotopic (exact) mass is 289 g/mol. The van der Waals surface area contributed by atoms with Crippen LogP contribution in [0, 0.1) is 0 Å². The Kier molecular flexibility index (Phi) is 5.08. The molecule has 100 valence electrons. The second-order valence-corrected chi connectivity index (χ2v) is 6.90. The maximum absolute atomic E-state index is 13.1. The predicted octanol–water partition coefficient (Wildman–Crippen LogP) is -0.418. The molecule has 7 nitrogen and oxygen atoms in total. The van der Waals surface area contributed by atoms with E-state index >= 15 is 0 Å². The van der Waals surface area contributed by atoms with Gasteiger partial charge in [-0.25, -0.2) is 21.6 Å². The van der Waals surface area contributed by atoms with Crippen molar-refractivity contribution < 1.29 is 30.8 Å². The summed E-state index contributed by atoms with van der Waals surface area (Å²) in [5.74, 6) is -3.06. The summed E-state index contributed by atoms with van der Waals surface area (Å²) in [6.45, 7) is 1.29. The Bertz CT molecular complexity index is 489. The number of halogens is 1. The van der Waals surface area contributed by atoms with Crippen LogP contribution in [0.3, 0.4) is 0 Å². The van der Waals surface area contributed by atoms with Crippen molar-refractivity contribution in [3.63, 3.8) is 0 Å². The molecule has 0 atom stereocenters. The fraction of sp³-hybridized carbons (Fsp3) is 0.571. The third-order valence-corrected chi connectivity index (χ3v) is 4.49.